The lowest BCUT2D eigenvalue weighted by Crippen LogP contribution is -2.44. The van der Waals surface area contributed by atoms with Crippen LogP contribution in [0.3, 0.4) is 0 Å². The maximum absolute atomic E-state index is 14.4. The third-order valence-corrected chi connectivity index (χ3v) is 10.7. The molecule has 1 aromatic carbocycles. The van der Waals surface area contributed by atoms with Crippen molar-refractivity contribution in [3.63, 3.8) is 0 Å². The molecule has 3 heterocycles. The van der Waals surface area contributed by atoms with E-state index in [1.54, 1.807) is 37.3 Å². The molecule has 4 rings (SSSR count). The summed E-state index contributed by atoms with van der Waals surface area (Å²) in [6.07, 6.45) is -0.613. The van der Waals surface area contributed by atoms with Crippen LogP contribution >= 0.6 is 0 Å². The molecule has 42 heavy (non-hydrogen) atoms. The van der Waals surface area contributed by atoms with Gasteiger partial charge >= 0.3 is 0 Å². The number of furan rings is 1. The predicted octanol–water partition coefficient (Wildman–Crippen LogP) is 4.98. The van der Waals surface area contributed by atoms with Crippen molar-refractivity contribution in [3.8, 4) is 28.8 Å². The SMILES string of the molecule is COc1cccc(OC)c1-n1c(-c2ccc(C)o2)nnc1N(CC[Si](C)(C)C)S(=O)(=O)[C@@H](C)[C@@H](O)c1ccc(F)cn1. The number of sulfonamides is 1. The summed E-state index contributed by atoms with van der Waals surface area (Å²) in [7, 11) is -3.14. The highest BCUT2D eigenvalue weighted by molar-refractivity contribution is 7.93. The molecule has 11 nitrogen and oxygen atoms in total. The Morgan fingerprint density at radius 3 is 2.26 bits per heavy atom. The van der Waals surface area contributed by atoms with Gasteiger partial charge in [0.15, 0.2) is 5.76 Å². The standard InChI is InChI=1S/C28H36FN5O6SSi/c1-18-11-14-24(40-18)27-31-32-28(34(27)25-22(38-3)9-8-10-23(25)39-4)33(15-16-42(5,6)7)41(36,37)19(2)26(35)21-13-12-20(29)17-30-21/h8-14,17,19,26,35H,15-16H2,1-7H3/t19-,26+/m0/s1. The number of aryl methyl sites for hydroxylation is 1. The minimum Gasteiger partial charge on any atom is -0.494 e. The molecule has 0 radical (unpaired) electrons. The van der Waals surface area contributed by atoms with E-state index in [0.717, 1.165) is 12.3 Å². The molecule has 1 N–H and O–H groups in total. The molecule has 4 aromatic rings. The minimum atomic E-state index is -4.33. The fourth-order valence-electron chi connectivity index (χ4n) is 4.35. The molecule has 0 aliphatic heterocycles. The first-order valence-corrected chi connectivity index (χ1v) is 18.5. The molecule has 0 fully saturated rings. The van der Waals surface area contributed by atoms with Crippen LogP contribution in [0.2, 0.25) is 25.7 Å². The number of aliphatic hydroxyl groups is 1. The molecule has 3 aromatic heterocycles. The van der Waals surface area contributed by atoms with E-state index < -0.39 is 35.3 Å². The Kier molecular flexibility index (Phi) is 9.08. The Bertz CT molecular complexity index is 1610. The number of anilines is 1. The van der Waals surface area contributed by atoms with Crippen molar-refractivity contribution in [2.24, 2.45) is 0 Å². The molecule has 0 aliphatic carbocycles. The number of ether oxygens (including phenoxy) is 2. The van der Waals surface area contributed by atoms with Crippen LogP contribution in [-0.4, -0.2) is 67.4 Å². The number of aliphatic hydroxyl groups excluding tert-OH is 1. The van der Waals surface area contributed by atoms with Gasteiger partial charge in [0.05, 0.1) is 26.1 Å². The first kappa shape index (κ1) is 31.2. The van der Waals surface area contributed by atoms with E-state index in [9.17, 15) is 17.9 Å². The van der Waals surface area contributed by atoms with Crippen molar-refractivity contribution in [1.82, 2.24) is 19.7 Å². The number of hydrogen-bond donors (Lipinski definition) is 1. The van der Waals surface area contributed by atoms with Gasteiger partial charge in [-0.25, -0.2) is 17.1 Å². The minimum absolute atomic E-state index is 0.0252. The van der Waals surface area contributed by atoms with Crippen LogP contribution in [0.15, 0.2) is 53.1 Å². The lowest BCUT2D eigenvalue weighted by molar-refractivity contribution is 0.171. The van der Waals surface area contributed by atoms with E-state index in [1.165, 1.54) is 36.1 Å². The largest absolute Gasteiger partial charge is 0.494 e. The molecule has 0 saturated heterocycles. The zero-order chi connectivity index (χ0) is 30.8. The van der Waals surface area contributed by atoms with Crippen molar-refractivity contribution < 1.29 is 31.8 Å². The van der Waals surface area contributed by atoms with Crippen molar-refractivity contribution in [2.45, 2.75) is 50.9 Å². The molecule has 0 aliphatic rings. The topological polar surface area (TPSA) is 133 Å². The van der Waals surface area contributed by atoms with Crippen LogP contribution in [0.25, 0.3) is 17.3 Å². The number of halogens is 1. The lowest BCUT2D eigenvalue weighted by atomic mass is 10.2. The zero-order valence-electron chi connectivity index (χ0n) is 24.7. The predicted molar refractivity (Wildman–Crippen MR) is 160 cm³/mol. The number of aromatic nitrogens is 4. The monoisotopic (exact) mass is 617 g/mol. The molecule has 226 valence electrons. The maximum Gasteiger partial charge on any atom is 0.246 e. The smallest absolute Gasteiger partial charge is 0.246 e. The average molecular weight is 618 g/mol. The molecule has 2 atom stereocenters. The Balaban J connectivity index is 1.96. The summed E-state index contributed by atoms with van der Waals surface area (Å²) in [6.45, 7) is 9.62. The Hall–Kier alpha value is -3.75. The number of hydrogen-bond acceptors (Lipinski definition) is 9. The lowest BCUT2D eigenvalue weighted by Gasteiger charge is -2.31. The second-order valence-corrected chi connectivity index (χ2v) is 18.9. The summed E-state index contributed by atoms with van der Waals surface area (Å²) >= 11 is 0. The highest BCUT2D eigenvalue weighted by Gasteiger charge is 2.40. The molecular formula is C28H36FN5O6SSi. The maximum atomic E-state index is 14.4. The quantitative estimate of drug-likeness (QED) is 0.219. The summed E-state index contributed by atoms with van der Waals surface area (Å²) in [4.78, 5) is 3.91. The average Bonchev–Trinajstić information content (AvgIpc) is 3.57. The summed E-state index contributed by atoms with van der Waals surface area (Å²) in [5.74, 6) is 1.33. The third-order valence-electron chi connectivity index (χ3n) is 6.80. The second-order valence-electron chi connectivity index (χ2n) is 11.1. The van der Waals surface area contributed by atoms with Crippen molar-refractivity contribution in [3.05, 3.63) is 65.9 Å². The highest BCUT2D eigenvalue weighted by Crippen LogP contribution is 2.40. The molecule has 0 amide bonds. The molecule has 0 saturated carbocycles. The Morgan fingerprint density at radius 1 is 1.07 bits per heavy atom. The summed E-state index contributed by atoms with van der Waals surface area (Å²) < 4.78 is 62.2. The van der Waals surface area contributed by atoms with E-state index in [1.807, 2.05) is 0 Å². The number of nitrogens with zero attached hydrogens (tertiary/aromatic N) is 5. The Labute approximate surface area is 246 Å². The van der Waals surface area contributed by atoms with E-state index in [-0.39, 0.29) is 24.0 Å². The van der Waals surface area contributed by atoms with Crippen LogP contribution in [0.5, 0.6) is 11.5 Å². The van der Waals surface area contributed by atoms with E-state index in [2.05, 4.69) is 34.8 Å². The van der Waals surface area contributed by atoms with Gasteiger partial charge in [0.1, 0.15) is 40.1 Å². The van der Waals surface area contributed by atoms with Crippen LogP contribution in [-0.2, 0) is 10.0 Å². The second kappa shape index (κ2) is 12.2. The summed E-state index contributed by atoms with van der Waals surface area (Å²) in [5, 5.41) is 18.5. The Morgan fingerprint density at radius 2 is 1.74 bits per heavy atom. The number of rotatable bonds is 12. The first-order chi connectivity index (χ1) is 19.8. The van der Waals surface area contributed by atoms with E-state index >= 15 is 0 Å². The van der Waals surface area contributed by atoms with Crippen LogP contribution in [0.1, 0.15) is 24.5 Å². The highest BCUT2D eigenvalue weighted by atomic mass is 32.2. The number of para-hydroxylation sites is 1. The zero-order valence-corrected chi connectivity index (χ0v) is 26.5. The fourth-order valence-corrected chi connectivity index (χ4v) is 6.97. The molecule has 14 heteroatoms. The van der Waals surface area contributed by atoms with Crippen LogP contribution < -0.4 is 13.8 Å². The van der Waals surface area contributed by atoms with Gasteiger partial charge in [-0.3, -0.25) is 9.55 Å². The van der Waals surface area contributed by atoms with E-state index in [4.69, 9.17) is 13.9 Å². The van der Waals surface area contributed by atoms with Gasteiger partial charge in [-0.1, -0.05) is 25.7 Å². The van der Waals surface area contributed by atoms with Gasteiger partial charge < -0.3 is 19.0 Å². The fraction of sp³-hybridized carbons (Fsp3) is 0.393. The van der Waals surface area contributed by atoms with E-state index in [0.29, 0.717) is 34.8 Å². The number of benzene rings is 1. The van der Waals surface area contributed by atoms with Crippen LogP contribution in [0.4, 0.5) is 10.3 Å². The number of methoxy groups -OCH3 is 2. The van der Waals surface area contributed by atoms with Gasteiger partial charge in [-0.15, -0.1) is 10.2 Å². The number of pyridine rings is 1. The van der Waals surface area contributed by atoms with Gasteiger partial charge in [0.2, 0.25) is 21.8 Å². The van der Waals surface area contributed by atoms with Crippen LogP contribution in [0, 0.1) is 12.7 Å². The molecule has 0 unspecified atom stereocenters. The summed E-state index contributed by atoms with van der Waals surface area (Å²) in [5.41, 5.74) is 0.394. The normalized spacial score (nSPS) is 13.5. The van der Waals surface area contributed by atoms with Crippen molar-refractivity contribution in [1.29, 1.82) is 0 Å². The van der Waals surface area contributed by atoms with Crippen molar-refractivity contribution >= 4 is 24.0 Å². The van der Waals surface area contributed by atoms with Gasteiger partial charge in [-0.2, -0.15) is 0 Å². The summed E-state index contributed by atoms with van der Waals surface area (Å²) in [6, 6.07) is 11.6. The molecular weight excluding hydrogens is 581 g/mol. The van der Waals surface area contributed by atoms with Crippen molar-refractivity contribution in [2.75, 3.05) is 25.1 Å². The molecule has 0 spiro atoms. The van der Waals surface area contributed by atoms with Gasteiger partial charge in [0, 0.05) is 14.6 Å². The third kappa shape index (κ3) is 6.34. The first-order valence-electron chi connectivity index (χ1n) is 13.3. The van der Waals surface area contributed by atoms with Gasteiger partial charge in [-0.05, 0) is 56.3 Å². The molecule has 0 bridgehead atoms. The van der Waals surface area contributed by atoms with Gasteiger partial charge in [0.25, 0.3) is 0 Å².